The molecule has 0 aromatic carbocycles. The molecule has 0 radical (unpaired) electrons. The van der Waals surface area contributed by atoms with Gasteiger partial charge in [-0.1, -0.05) is 13.8 Å². The van der Waals surface area contributed by atoms with E-state index in [0.29, 0.717) is 6.04 Å². The fourth-order valence-corrected chi connectivity index (χ4v) is 3.07. The van der Waals surface area contributed by atoms with Crippen LogP contribution < -0.4 is 10.2 Å². The van der Waals surface area contributed by atoms with Crippen LogP contribution in [0, 0.1) is 0 Å². The lowest BCUT2D eigenvalue weighted by atomic mass is 10.2. The number of aromatic nitrogens is 1. The minimum absolute atomic E-state index is 0.487. The Balaban J connectivity index is 1.95. The average molecular weight is 269 g/mol. The summed E-state index contributed by atoms with van der Waals surface area (Å²) in [6, 6.07) is 0.487. The van der Waals surface area contributed by atoms with Crippen LogP contribution in [0.25, 0.3) is 0 Å². The van der Waals surface area contributed by atoms with E-state index in [9.17, 15) is 0 Å². The zero-order valence-corrected chi connectivity index (χ0v) is 12.1. The van der Waals surface area contributed by atoms with Gasteiger partial charge in [0.2, 0.25) is 0 Å². The third kappa shape index (κ3) is 3.43. The molecule has 0 saturated carbocycles. The van der Waals surface area contributed by atoms with Crippen LogP contribution in [0.2, 0.25) is 0 Å². The highest BCUT2D eigenvalue weighted by atomic mass is 32.1. The normalized spacial score (nSPS) is 20.3. The average Bonchev–Trinajstić information content (AvgIpc) is 2.88. The summed E-state index contributed by atoms with van der Waals surface area (Å²) in [5.41, 5.74) is 1.16. The van der Waals surface area contributed by atoms with Gasteiger partial charge in [0.25, 0.3) is 0 Å². The summed E-state index contributed by atoms with van der Waals surface area (Å²) in [6.07, 6.45) is 2.28. The Morgan fingerprint density at radius 2 is 2.44 bits per heavy atom. The summed E-state index contributed by atoms with van der Waals surface area (Å²) >= 11 is 1.75. The highest BCUT2D eigenvalue weighted by molar-refractivity contribution is 7.13. The van der Waals surface area contributed by atoms with Crippen LogP contribution in [0.5, 0.6) is 0 Å². The molecule has 1 atom stereocenters. The van der Waals surface area contributed by atoms with Crippen LogP contribution in [-0.2, 0) is 11.3 Å². The SMILES string of the molecule is CCCNCc1csc(N2CCOCC2CC)n1. The molecule has 0 bridgehead atoms. The molecule has 1 aliphatic heterocycles. The quantitative estimate of drug-likeness (QED) is 0.804. The summed E-state index contributed by atoms with van der Waals surface area (Å²) in [5, 5.41) is 6.71. The molecule has 2 rings (SSSR count). The lowest BCUT2D eigenvalue weighted by molar-refractivity contribution is 0.0929. The van der Waals surface area contributed by atoms with Crippen LogP contribution >= 0.6 is 11.3 Å². The van der Waals surface area contributed by atoms with Gasteiger partial charge in [-0.3, -0.25) is 0 Å². The topological polar surface area (TPSA) is 37.4 Å². The van der Waals surface area contributed by atoms with Crippen LogP contribution in [0.15, 0.2) is 5.38 Å². The maximum Gasteiger partial charge on any atom is 0.185 e. The van der Waals surface area contributed by atoms with E-state index in [1.807, 2.05) is 0 Å². The van der Waals surface area contributed by atoms with Gasteiger partial charge in [0, 0.05) is 18.5 Å². The maximum absolute atomic E-state index is 5.53. The minimum Gasteiger partial charge on any atom is -0.377 e. The Labute approximate surface area is 113 Å². The second-order valence-electron chi connectivity index (χ2n) is 4.63. The van der Waals surface area contributed by atoms with E-state index in [2.05, 4.69) is 29.4 Å². The smallest absolute Gasteiger partial charge is 0.185 e. The highest BCUT2D eigenvalue weighted by Crippen LogP contribution is 2.25. The monoisotopic (exact) mass is 269 g/mol. The number of hydrogen-bond donors (Lipinski definition) is 1. The Kier molecular flexibility index (Phi) is 5.41. The molecule has 2 heterocycles. The van der Waals surface area contributed by atoms with Crippen LogP contribution in [0.4, 0.5) is 5.13 Å². The second-order valence-corrected chi connectivity index (χ2v) is 5.47. The third-order valence-corrected chi connectivity index (χ3v) is 4.14. The molecule has 0 aliphatic carbocycles. The van der Waals surface area contributed by atoms with E-state index in [0.717, 1.165) is 50.1 Å². The van der Waals surface area contributed by atoms with E-state index >= 15 is 0 Å². The first-order valence-corrected chi connectivity index (χ1v) is 7.72. The Hall–Kier alpha value is -0.650. The van der Waals surface area contributed by atoms with Crippen molar-refractivity contribution in [1.29, 1.82) is 0 Å². The predicted octanol–water partition coefficient (Wildman–Crippen LogP) is 2.26. The molecule has 1 aromatic heterocycles. The van der Waals surface area contributed by atoms with E-state index in [1.165, 1.54) is 6.42 Å². The van der Waals surface area contributed by atoms with Crippen LogP contribution in [0.3, 0.4) is 0 Å². The lowest BCUT2D eigenvalue weighted by Crippen LogP contribution is -2.45. The number of anilines is 1. The maximum atomic E-state index is 5.53. The first-order chi connectivity index (χ1) is 8.85. The van der Waals surface area contributed by atoms with Gasteiger partial charge in [0.15, 0.2) is 5.13 Å². The van der Waals surface area contributed by atoms with E-state index in [1.54, 1.807) is 11.3 Å². The van der Waals surface area contributed by atoms with Crippen LogP contribution in [0.1, 0.15) is 32.4 Å². The number of nitrogens with one attached hydrogen (secondary N) is 1. The molecule has 18 heavy (non-hydrogen) atoms. The number of nitrogens with zero attached hydrogens (tertiary/aromatic N) is 2. The summed E-state index contributed by atoms with van der Waals surface area (Å²) in [5.74, 6) is 0. The van der Waals surface area contributed by atoms with Crippen molar-refractivity contribution in [3.8, 4) is 0 Å². The fraction of sp³-hybridized carbons (Fsp3) is 0.769. The molecule has 1 fully saturated rings. The van der Waals surface area contributed by atoms with Crippen molar-refractivity contribution in [2.75, 3.05) is 31.2 Å². The molecule has 1 aromatic rings. The van der Waals surface area contributed by atoms with Crippen molar-refractivity contribution in [2.45, 2.75) is 39.3 Å². The number of thiazole rings is 1. The summed E-state index contributed by atoms with van der Waals surface area (Å²) < 4.78 is 5.53. The lowest BCUT2D eigenvalue weighted by Gasteiger charge is -2.34. The summed E-state index contributed by atoms with van der Waals surface area (Å²) in [6.45, 7) is 8.95. The fourth-order valence-electron chi connectivity index (χ4n) is 2.15. The van der Waals surface area contributed by atoms with E-state index < -0.39 is 0 Å². The first kappa shape index (κ1) is 13.8. The van der Waals surface area contributed by atoms with Crippen molar-refractivity contribution < 1.29 is 4.74 Å². The van der Waals surface area contributed by atoms with Crippen molar-refractivity contribution >= 4 is 16.5 Å². The van der Waals surface area contributed by atoms with Gasteiger partial charge in [-0.25, -0.2) is 4.98 Å². The van der Waals surface area contributed by atoms with Crippen molar-refractivity contribution in [2.24, 2.45) is 0 Å². The van der Waals surface area contributed by atoms with Gasteiger partial charge < -0.3 is 15.0 Å². The molecule has 0 amide bonds. The largest absolute Gasteiger partial charge is 0.377 e. The number of morpholine rings is 1. The highest BCUT2D eigenvalue weighted by Gasteiger charge is 2.23. The Morgan fingerprint density at radius 3 is 3.22 bits per heavy atom. The van der Waals surface area contributed by atoms with E-state index in [4.69, 9.17) is 9.72 Å². The molecule has 1 N–H and O–H groups in total. The molecule has 1 aliphatic rings. The number of ether oxygens (including phenoxy) is 1. The standard InChI is InChI=1S/C13H23N3OS/c1-3-5-14-8-11-10-18-13(15-11)16-6-7-17-9-12(16)4-2/h10,12,14H,3-9H2,1-2H3. The molecule has 102 valence electrons. The van der Waals surface area contributed by atoms with Gasteiger partial charge >= 0.3 is 0 Å². The molecule has 1 unspecified atom stereocenters. The van der Waals surface area contributed by atoms with Gasteiger partial charge in [-0.2, -0.15) is 0 Å². The van der Waals surface area contributed by atoms with E-state index in [-0.39, 0.29) is 0 Å². The molecule has 4 nitrogen and oxygen atoms in total. The van der Waals surface area contributed by atoms with Gasteiger partial charge in [0.1, 0.15) is 0 Å². The minimum atomic E-state index is 0.487. The van der Waals surface area contributed by atoms with Crippen LogP contribution in [-0.4, -0.2) is 37.3 Å². The van der Waals surface area contributed by atoms with Gasteiger partial charge in [-0.15, -0.1) is 11.3 Å². The number of hydrogen-bond acceptors (Lipinski definition) is 5. The Bertz CT molecular complexity index is 356. The zero-order valence-electron chi connectivity index (χ0n) is 11.3. The second kappa shape index (κ2) is 7.07. The Morgan fingerprint density at radius 1 is 1.56 bits per heavy atom. The van der Waals surface area contributed by atoms with Crippen molar-refractivity contribution in [1.82, 2.24) is 10.3 Å². The summed E-state index contributed by atoms with van der Waals surface area (Å²) in [7, 11) is 0. The first-order valence-electron chi connectivity index (χ1n) is 6.84. The molecule has 5 heteroatoms. The molecule has 0 spiro atoms. The zero-order chi connectivity index (χ0) is 12.8. The van der Waals surface area contributed by atoms with Crippen molar-refractivity contribution in [3.05, 3.63) is 11.1 Å². The summed E-state index contributed by atoms with van der Waals surface area (Å²) in [4.78, 5) is 7.13. The van der Waals surface area contributed by atoms with Gasteiger partial charge in [-0.05, 0) is 19.4 Å². The third-order valence-electron chi connectivity index (χ3n) is 3.22. The van der Waals surface area contributed by atoms with Gasteiger partial charge in [0.05, 0.1) is 24.9 Å². The number of rotatable bonds is 6. The molecular formula is C13H23N3OS. The molecular weight excluding hydrogens is 246 g/mol. The molecule has 1 saturated heterocycles. The van der Waals surface area contributed by atoms with Crippen molar-refractivity contribution in [3.63, 3.8) is 0 Å². The predicted molar refractivity (Wildman–Crippen MR) is 76.4 cm³/mol.